The van der Waals surface area contributed by atoms with E-state index in [0.29, 0.717) is 16.6 Å². The minimum Gasteiger partial charge on any atom is -0.303 e. The van der Waals surface area contributed by atoms with Gasteiger partial charge in [0.1, 0.15) is 12.2 Å². The number of nitrogens with zero attached hydrogens (tertiary/aromatic N) is 2. The molecule has 0 spiro atoms. The van der Waals surface area contributed by atoms with Crippen LogP contribution in [0.2, 0.25) is 10.0 Å². The van der Waals surface area contributed by atoms with E-state index >= 15 is 0 Å². The molecule has 17 heavy (non-hydrogen) atoms. The summed E-state index contributed by atoms with van der Waals surface area (Å²) in [6.45, 7) is 2.58. The molecule has 2 rings (SSSR count). The van der Waals surface area contributed by atoms with Gasteiger partial charge in [-0.1, -0.05) is 29.3 Å². The lowest BCUT2D eigenvalue weighted by Crippen LogP contribution is -2.19. The predicted molar refractivity (Wildman–Crippen MR) is 68.1 cm³/mol. The van der Waals surface area contributed by atoms with Gasteiger partial charge in [0.2, 0.25) is 0 Å². The molecule has 6 heteroatoms. The van der Waals surface area contributed by atoms with Crippen LogP contribution in [-0.4, -0.2) is 15.2 Å². The zero-order chi connectivity index (χ0) is 12.3. The summed E-state index contributed by atoms with van der Waals surface area (Å²) < 4.78 is 0. The van der Waals surface area contributed by atoms with Crippen LogP contribution < -0.4 is 5.32 Å². The minimum absolute atomic E-state index is 0.0600. The van der Waals surface area contributed by atoms with Crippen LogP contribution in [0.15, 0.2) is 24.5 Å². The van der Waals surface area contributed by atoms with Gasteiger partial charge in [-0.25, -0.2) is 4.98 Å². The number of hydrogen-bond acceptors (Lipinski definition) is 3. The lowest BCUT2D eigenvalue weighted by atomic mass is 10.2. The molecule has 1 atom stereocenters. The van der Waals surface area contributed by atoms with E-state index in [1.165, 1.54) is 6.33 Å². The Balaban J connectivity index is 2.03. The van der Waals surface area contributed by atoms with Gasteiger partial charge in [-0.2, -0.15) is 5.10 Å². The number of aromatic nitrogens is 3. The third-order valence-electron chi connectivity index (χ3n) is 2.49. The second kappa shape index (κ2) is 5.49. The third-order valence-corrected chi connectivity index (χ3v) is 3.20. The Labute approximate surface area is 109 Å². The zero-order valence-corrected chi connectivity index (χ0v) is 10.8. The molecule has 2 aromatic rings. The van der Waals surface area contributed by atoms with Crippen molar-refractivity contribution in [3.63, 3.8) is 0 Å². The van der Waals surface area contributed by atoms with E-state index in [0.717, 1.165) is 11.4 Å². The number of rotatable bonds is 4. The highest BCUT2D eigenvalue weighted by Crippen LogP contribution is 2.24. The predicted octanol–water partition coefficient (Wildman–Crippen LogP) is 2.96. The van der Waals surface area contributed by atoms with E-state index in [2.05, 4.69) is 20.5 Å². The van der Waals surface area contributed by atoms with Crippen LogP contribution in [0.1, 0.15) is 24.4 Å². The molecule has 1 aromatic carbocycles. The fourth-order valence-corrected chi connectivity index (χ4v) is 2.01. The summed E-state index contributed by atoms with van der Waals surface area (Å²) in [7, 11) is 0. The molecular formula is C11H12Cl2N4. The highest BCUT2D eigenvalue weighted by Gasteiger charge is 2.10. The van der Waals surface area contributed by atoms with Crippen LogP contribution in [0.25, 0.3) is 0 Å². The first-order chi connectivity index (χ1) is 8.18. The molecule has 0 saturated heterocycles. The maximum Gasteiger partial charge on any atom is 0.141 e. The van der Waals surface area contributed by atoms with Gasteiger partial charge >= 0.3 is 0 Å². The van der Waals surface area contributed by atoms with Crippen molar-refractivity contribution in [3.05, 3.63) is 46.0 Å². The Morgan fingerprint density at radius 3 is 2.65 bits per heavy atom. The molecule has 1 unspecified atom stereocenters. The number of halogens is 2. The average Bonchev–Trinajstić information content (AvgIpc) is 2.81. The highest BCUT2D eigenvalue weighted by atomic mass is 35.5. The van der Waals surface area contributed by atoms with E-state index in [4.69, 9.17) is 23.2 Å². The topological polar surface area (TPSA) is 53.6 Å². The molecule has 0 radical (unpaired) electrons. The summed E-state index contributed by atoms with van der Waals surface area (Å²) in [6.07, 6.45) is 1.48. The lowest BCUT2D eigenvalue weighted by molar-refractivity contribution is 0.548. The van der Waals surface area contributed by atoms with Crippen molar-refractivity contribution in [2.75, 3.05) is 0 Å². The highest BCUT2D eigenvalue weighted by molar-refractivity contribution is 6.35. The molecule has 0 saturated carbocycles. The molecule has 0 aliphatic carbocycles. The molecular weight excluding hydrogens is 259 g/mol. The number of H-pyrrole nitrogens is 1. The van der Waals surface area contributed by atoms with Crippen molar-refractivity contribution in [1.82, 2.24) is 20.5 Å². The molecule has 0 amide bonds. The minimum atomic E-state index is 0.0600. The standard InChI is InChI=1S/C11H12Cl2N4/c1-7(11-15-6-16-17-11)14-5-8-9(12)3-2-4-10(8)13/h2-4,6-7,14H,5H2,1H3,(H,15,16,17). The molecule has 2 N–H and O–H groups in total. The monoisotopic (exact) mass is 270 g/mol. The van der Waals surface area contributed by atoms with Crippen molar-refractivity contribution < 1.29 is 0 Å². The summed E-state index contributed by atoms with van der Waals surface area (Å²) in [4.78, 5) is 4.08. The van der Waals surface area contributed by atoms with E-state index < -0.39 is 0 Å². The first-order valence-electron chi connectivity index (χ1n) is 5.20. The fourth-order valence-electron chi connectivity index (χ4n) is 1.48. The van der Waals surface area contributed by atoms with Gasteiger partial charge in [0, 0.05) is 22.2 Å². The van der Waals surface area contributed by atoms with Gasteiger partial charge in [-0.15, -0.1) is 0 Å². The van der Waals surface area contributed by atoms with Gasteiger partial charge in [0.25, 0.3) is 0 Å². The van der Waals surface area contributed by atoms with E-state index in [9.17, 15) is 0 Å². The summed E-state index contributed by atoms with van der Waals surface area (Å²) in [5, 5.41) is 11.2. The molecule has 0 fully saturated rings. The van der Waals surface area contributed by atoms with Crippen LogP contribution in [-0.2, 0) is 6.54 Å². The van der Waals surface area contributed by atoms with Crippen molar-refractivity contribution in [3.8, 4) is 0 Å². The van der Waals surface area contributed by atoms with Crippen LogP contribution in [0.5, 0.6) is 0 Å². The quantitative estimate of drug-likeness (QED) is 0.898. The van der Waals surface area contributed by atoms with E-state index in [1.807, 2.05) is 25.1 Å². The van der Waals surface area contributed by atoms with Gasteiger partial charge in [-0.3, -0.25) is 5.10 Å². The Morgan fingerprint density at radius 1 is 1.35 bits per heavy atom. The lowest BCUT2D eigenvalue weighted by Gasteiger charge is -2.12. The fraction of sp³-hybridized carbons (Fsp3) is 0.273. The van der Waals surface area contributed by atoms with Crippen molar-refractivity contribution >= 4 is 23.2 Å². The third kappa shape index (κ3) is 2.97. The number of benzene rings is 1. The van der Waals surface area contributed by atoms with Crippen molar-refractivity contribution in [1.29, 1.82) is 0 Å². The first kappa shape index (κ1) is 12.4. The van der Waals surface area contributed by atoms with Crippen LogP contribution >= 0.6 is 23.2 Å². The van der Waals surface area contributed by atoms with Gasteiger partial charge in [0.05, 0.1) is 6.04 Å². The summed E-state index contributed by atoms with van der Waals surface area (Å²) in [6, 6.07) is 5.53. The van der Waals surface area contributed by atoms with E-state index in [-0.39, 0.29) is 6.04 Å². The SMILES string of the molecule is CC(NCc1c(Cl)cccc1Cl)c1ncn[nH]1. The van der Waals surface area contributed by atoms with Crippen molar-refractivity contribution in [2.45, 2.75) is 19.5 Å². The molecule has 1 heterocycles. The second-order valence-corrected chi connectivity index (χ2v) is 4.49. The molecule has 4 nitrogen and oxygen atoms in total. The average molecular weight is 271 g/mol. The molecule has 90 valence electrons. The maximum atomic E-state index is 6.08. The number of nitrogens with one attached hydrogen (secondary N) is 2. The van der Waals surface area contributed by atoms with Crippen LogP contribution in [0, 0.1) is 0 Å². The van der Waals surface area contributed by atoms with E-state index in [1.54, 1.807) is 0 Å². The first-order valence-corrected chi connectivity index (χ1v) is 5.95. The molecule has 0 aliphatic heterocycles. The van der Waals surface area contributed by atoms with Gasteiger partial charge in [0.15, 0.2) is 0 Å². The number of hydrogen-bond donors (Lipinski definition) is 2. The van der Waals surface area contributed by atoms with Crippen LogP contribution in [0.4, 0.5) is 0 Å². The Hall–Kier alpha value is -1.10. The summed E-state index contributed by atoms with van der Waals surface area (Å²) in [5.74, 6) is 0.785. The van der Waals surface area contributed by atoms with Gasteiger partial charge in [-0.05, 0) is 19.1 Å². The molecule has 0 bridgehead atoms. The molecule has 0 aliphatic rings. The smallest absolute Gasteiger partial charge is 0.141 e. The maximum absolute atomic E-state index is 6.08. The number of aromatic amines is 1. The molecule has 1 aromatic heterocycles. The largest absolute Gasteiger partial charge is 0.303 e. The van der Waals surface area contributed by atoms with Crippen LogP contribution in [0.3, 0.4) is 0 Å². The van der Waals surface area contributed by atoms with Gasteiger partial charge < -0.3 is 5.32 Å². The normalized spacial score (nSPS) is 12.6. The second-order valence-electron chi connectivity index (χ2n) is 3.67. The Bertz CT molecular complexity index is 464. The Kier molecular flexibility index (Phi) is 3.99. The summed E-state index contributed by atoms with van der Waals surface area (Å²) in [5.41, 5.74) is 0.891. The van der Waals surface area contributed by atoms with Crippen molar-refractivity contribution in [2.24, 2.45) is 0 Å². The zero-order valence-electron chi connectivity index (χ0n) is 9.24. The Morgan fingerprint density at radius 2 is 2.06 bits per heavy atom. The summed E-state index contributed by atoms with van der Waals surface area (Å²) >= 11 is 12.2.